The van der Waals surface area contributed by atoms with Gasteiger partial charge in [0.15, 0.2) is 5.82 Å². The van der Waals surface area contributed by atoms with Crippen LogP contribution in [0.5, 0.6) is 0 Å². The van der Waals surface area contributed by atoms with Crippen LogP contribution in [0.15, 0.2) is 36.7 Å². The Bertz CT molecular complexity index is 749. The van der Waals surface area contributed by atoms with Gasteiger partial charge in [0.25, 0.3) is 5.91 Å². The molecule has 2 aliphatic heterocycles. The van der Waals surface area contributed by atoms with E-state index in [0.717, 1.165) is 37.4 Å². The molecule has 1 N–H and O–H groups in total. The predicted molar refractivity (Wildman–Crippen MR) is 97.0 cm³/mol. The second-order valence-electron chi connectivity index (χ2n) is 7.23. The first-order chi connectivity index (χ1) is 12.6. The van der Waals surface area contributed by atoms with Gasteiger partial charge in [-0.15, -0.1) is 5.10 Å². The smallest absolute Gasteiger partial charge is 0.251 e. The number of carbonyl (C=O) groups is 1. The normalized spacial score (nSPS) is 21.3. The molecule has 26 heavy (non-hydrogen) atoms. The molecule has 7 heteroatoms. The van der Waals surface area contributed by atoms with Gasteiger partial charge < -0.3 is 15.0 Å². The van der Waals surface area contributed by atoms with E-state index in [1.54, 1.807) is 24.5 Å². The van der Waals surface area contributed by atoms with Crippen molar-refractivity contribution in [2.24, 2.45) is 5.92 Å². The SMILES string of the molecule is Cc1ccc(N2CC3(CC[C@H](CNC(=O)c4ccncc4)CO3)C2)nn1. The van der Waals surface area contributed by atoms with Gasteiger partial charge in [0.2, 0.25) is 0 Å². The number of nitrogens with zero attached hydrogens (tertiary/aromatic N) is 4. The van der Waals surface area contributed by atoms with Crippen LogP contribution in [0.2, 0.25) is 0 Å². The van der Waals surface area contributed by atoms with Crippen molar-refractivity contribution in [1.82, 2.24) is 20.5 Å². The number of hydrogen-bond donors (Lipinski definition) is 1. The number of anilines is 1. The molecule has 7 nitrogen and oxygen atoms in total. The predicted octanol–water partition coefficient (Wildman–Crippen LogP) is 1.60. The van der Waals surface area contributed by atoms with Gasteiger partial charge in [-0.1, -0.05) is 0 Å². The lowest BCUT2D eigenvalue weighted by atomic mass is 9.83. The van der Waals surface area contributed by atoms with Crippen LogP contribution in [0.3, 0.4) is 0 Å². The Hall–Kier alpha value is -2.54. The number of aromatic nitrogens is 3. The molecule has 4 heterocycles. The molecular weight excluding hydrogens is 330 g/mol. The number of rotatable bonds is 4. The minimum atomic E-state index is -0.0574. The van der Waals surface area contributed by atoms with Crippen molar-refractivity contribution in [3.8, 4) is 0 Å². The molecule has 1 amide bonds. The maximum Gasteiger partial charge on any atom is 0.251 e. The number of nitrogens with one attached hydrogen (secondary N) is 1. The Labute approximate surface area is 152 Å². The van der Waals surface area contributed by atoms with Crippen LogP contribution >= 0.6 is 0 Å². The van der Waals surface area contributed by atoms with E-state index in [1.165, 1.54) is 0 Å². The van der Waals surface area contributed by atoms with Crippen molar-refractivity contribution < 1.29 is 9.53 Å². The fourth-order valence-corrected chi connectivity index (χ4v) is 3.54. The Kier molecular flexibility index (Phi) is 4.55. The lowest BCUT2D eigenvalue weighted by Gasteiger charge is -2.53. The minimum Gasteiger partial charge on any atom is -0.371 e. The summed E-state index contributed by atoms with van der Waals surface area (Å²) >= 11 is 0. The monoisotopic (exact) mass is 353 g/mol. The summed E-state index contributed by atoms with van der Waals surface area (Å²) in [6, 6.07) is 7.43. The Morgan fingerprint density at radius 1 is 1.27 bits per heavy atom. The molecular formula is C19H23N5O2. The van der Waals surface area contributed by atoms with Crippen molar-refractivity contribution in [2.75, 3.05) is 31.1 Å². The third-order valence-electron chi connectivity index (χ3n) is 5.19. The molecule has 0 unspecified atom stereocenters. The van der Waals surface area contributed by atoms with E-state index in [2.05, 4.69) is 25.4 Å². The maximum atomic E-state index is 12.1. The fraction of sp³-hybridized carbons (Fsp3) is 0.474. The Morgan fingerprint density at radius 3 is 2.73 bits per heavy atom. The second-order valence-corrected chi connectivity index (χ2v) is 7.23. The zero-order valence-corrected chi connectivity index (χ0v) is 14.9. The summed E-state index contributed by atoms with van der Waals surface area (Å²) in [7, 11) is 0. The van der Waals surface area contributed by atoms with Gasteiger partial charge in [0, 0.05) is 24.5 Å². The molecule has 0 bridgehead atoms. The molecule has 0 radical (unpaired) electrons. The zero-order valence-electron chi connectivity index (χ0n) is 14.9. The van der Waals surface area contributed by atoms with E-state index in [4.69, 9.17) is 4.74 Å². The molecule has 136 valence electrons. The Balaban J connectivity index is 1.22. The van der Waals surface area contributed by atoms with Gasteiger partial charge in [-0.25, -0.2) is 0 Å². The molecule has 2 fully saturated rings. The standard InChI is InChI=1S/C19H23N5O2/c1-14-2-3-17(23-22-14)24-12-19(13-24)7-4-15(11-26-19)10-21-18(25)16-5-8-20-9-6-16/h2-3,5-6,8-9,15H,4,7,10-13H2,1H3,(H,21,25)/t15-/m1/s1. The summed E-state index contributed by atoms with van der Waals surface area (Å²) in [6.07, 6.45) is 5.33. The van der Waals surface area contributed by atoms with Crippen LogP contribution < -0.4 is 10.2 Å². The van der Waals surface area contributed by atoms with Crippen LogP contribution in [0.25, 0.3) is 0 Å². The van der Waals surface area contributed by atoms with Gasteiger partial charge in [-0.05, 0) is 49.9 Å². The average molecular weight is 353 g/mol. The number of hydrogen-bond acceptors (Lipinski definition) is 6. The zero-order chi connectivity index (χ0) is 18.0. The van der Waals surface area contributed by atoms with Gasteiger partial charge in [-0.3, -0.25) is 9.78 Å². The van der Waals surface area contributed by atoms with Crippen LogP contribution in [0, 0.1) is 12.8 Å². The van der Waals surface area contributed by atoms with E-state index in [9.17, 15) is 4.79 Å². The molecule has 2 aliphatic rings. The highest BCUT2D eigenvalue weighted by Crippen LogP contribution is 2.37. The van der Waals surface area contributed by atoms with E-state index < -0.39 is 0 Å². The van der Waals surface area contributed by atoms with Gasteiger partial charge in [0.05, 0.1) is 25.4 Å². The number of ether oxygens (including phenoxy) is 1. The van der Waals surface area contributed by atoms with Gasteiger partial charge >= 0.3 is 0 Å². The lowest BCUT2D eigenvalue weighted by molar-refractivity contribution is -0.115. The van der Waals surface area contributed by atoms with Crippen molar-refractivity contribution in [1.29, 1.82) is 0 Å². The fourth-order valence-electron chi connectivity index (χ4n) is 3.54. The van der Waals surface area contributed by atoms with E-state index in [0.29, 0.717) is 24.6 Å². The quantitative estimate of drug-likeness (QED) is 0.899. The third-order valence-corrected chi connectivity index (χ3v) is 5.19. The molecule has 0 aliphatic carbocycles. The first kappa shape index (κ1) is 16.9. The van der Waals surface area contributed by atoms with E-state index >= 15 is 0 Å². The highest BCUT2D eigenvalue weighted by molar-refractivity contribution is 5.93. The molecule has 2 saturated heterocycles. The van der Waals surface area contributed by atoms with Crippen molar-refractivity contribution in [3.05, 3.63) is 47.9 Å². The first-order valence-electron chi connectivity index (χ1n) is 9.01. The molecule has 2 aromatic heterocycles. The topological polar surface area (TPSA) is 80.2 Å². The summed E-state index contributed by atoms with van der Waals surface area (Å²) in [5, 5.41) is 11.4. The van der Waals surface area contributed by atoms with Crippen LogP contribution in [0.4, 0.5) is 5.82 Å². The van der Waals surface area contributed by atoms with Crippen molar-refractivity contribution >= 4 is 11.7 Å². The molecule has 0 saturated carbocycles. The summed E-state index contributed by atoms with van der Waals surface area (Å²) in [4.78, 5) is 18.2. The van der Waals surface area contributed by atoms with Crippen LogP contribution in [-0.4, -0.2) is 52.9 Å². The van der Waals surface area contributed by atoms with Crippen molar-refractivity contribution in [3.63, 3.8) is 0 Å². The van der Waals surface area contributed by atoms with E-state index in [1.807, 2.05) is 19.1 Å². The summed E-state index contributed by atoms with van der Waals surface area (Å²) in [6.45, 7) is 4.99. The molecule has 1 spiro atoms. The third kappa shape index (κ3) is 3.53. The van der Waals surface area contributed by atoms with E-state index in [-0.39, 0.29) is 11.5 Å². The highest BCUT2D eigenvalue weighted by atomic mass is 16.5. The highest BCUT2D eigenvalue weighted by Gasteiger charge is 2.47. The van der Waals surface area contributed by atoms with Crippen LogP contribution in [0.1, 0.15) is 28.9 Å². The number of pyridine rings is 1. The second kappa shape index (κ2) is 6.99. The lowest BCUT2D eigenvalue weighted by Crippen LogP contribution is -2.65. The van der Waals surface area contributed by atoms with Gasteiger partial charge in [-0.2, -0.15) is 5.10 Å². The number of aryl methyl sites for hydroxylation is 1. The molecule has 4 rings (SSSR count). The molecule has 0 aromatic carbocycles. The van der Waals surface area contributed by atoms with Crippen LogP contribution in [-0.2, 0) is 4.74 Å². The largest absolute Gasteiger partial charge is 0.371 e. The Morgan fingerprint density at radius 2 is 2.08 bits per heavy atom. The number of carbonyl (C=O) groups excluding carboxylic acids is 1. The number of amides is 1. The summed E-state index contributed by atoms with van der Waals surface area (Å²) in [5.74, 6) is 1.22. The molecule has 2 aromatic rings. The average Bonchev–Trinajstić information content (AvgIpc) is 2.66. The van der Waals surface area contributed by atoms with Crippen molar-refractivity contribution in [2.45, 2.75) is 25.4 Å². The minimum absolute atomic E-state index is 0.0551. The molecule has 1 atom stereocenters. The van der Waals surface area contributed by atoms with Gasteiger partial charge in [0.1, 0.15) is 5.60 Å². The first-order valence-corrected chi connectivity index (χ1v) is 9.01. The summed E-state index contributed by atoms with van der Waals surface area (Å²) in [5.41, 5.74) is 1.51. The summed E-state index contributed by atoms with van der Waals surface area (Å²) < 4.78 is 6.18. The maximum absolute atomic E-state index is 12.1.